The maximum absolute atomic E-state index is 13.6. The van der Waals surface area contributed by atoms with Gasteiger partial charge in [0.2, 0.25) is 0 Å². The summed E-state index contributed by atoms with van der Waals surface area (Å²) in [6.45, 7) is -0.106. The molecule has 0 saturated heterocycles. The van der Waals surface area contributed by atoms with Gasteiger partial charge in [-0.2, -0.15) is 0 Å². The predicted octanol–water partition coefficient (Wildman–Crippen LogP) is 2.67. The lowest BCUT2D eigenvalue weighted by atomic mass is 10.2. The number of carbonyl (C=O) groups excluding carboxylic acids is 1. The van der Waals surface area contributed by atoms with E-state index in [0.717, 1.165) is 18.2 Å². The molecule has 0 bridgehead atoms. The van der Waals surface area contributed by atoms with Crippen molar-refractivity contribution in [1.29, 1.82) is 0 Å². The van der Waals surface area contributed by atoms with Gasteiger partial charge < -0.3 is 20.5 Å². The number of fused-ring (bicyclic) bond motifs is 1. The lowest BCUT2D eigenvalue weighted by molar-refractivity contribution is -0.118. The minimum Gasteiger partial charge on any atom is -0.481 e. The lowest BCUT2D eigenvalue weighted by Crippen LogP contribution is -2.25. The van der Waals surface area contributed by atoms with Crippen LogP contribution >= 0.6 is 0 Å². The fourth-order valence-corrected chi connectivity index (χ4v) is 1.88. The highest BCUT2D eigenvalue weighted by atomic mass is 19.1. The molecule has 0 saturated carbocycles. The number of halogens is 2. The summed E-state index contributed by atoms with van der Waals surface area (Å²) in [4.78, 5) is 11.3. The predicted molar refractivity (Wildman–Crippen MR) is 71.4 cm³/mol. The van der Waals surface area contributed by atoms with E-state index in [4.69, 9.17) is 15.2 Å². The van der Waals surface area contributed by atoms with Crippen LogP contribution in [0, 0.1) is 11.6 Å². The molecule has 0 atom stereocenters. The van der Waals surface area contributed by atoms with E-state index in [9.17, 15) is 13.6 Å². The Morgan fingerprint density at radius 2 is 2.00 bits per heavy atom. The zero-order chi connectivity index (χ0) is 15.0. The molecule has 0 aliphatic carbocycles. The lowest BCUT2D eigenvalue weighted by Gasteiger charge is -2.20. The van der Waals surface area contributed by atoms with Crippen LogP contribution in [-0.4, -0.2) is 12.5 Å². The van der Waals surface area contributed by atoms with Crippen molar-refractivity contribution in [3.8, 4) is 17.2 Å². The van der Waals surface area contributed by atoms with E-state index in [1.54, 1.807) is 0 Å². The molecule has 108 valence electrons. The number of ether oxygens (including phenoxy) is 2. The van der Waals surface area contributed by atoms with Crippen molar-refractivity contribution in [2.24, 2.45) is 0 Å². The van der Waals surface area contributed by atoms with Crippen LogP contribution < -0.4 is 20.5 Å². The summed E-state index contributed by atoms with van der Waals surface area (Å²) in [5.74, 6) is -1.52. The summed E-state index contributed by atoms with van der Waals surface area (Å²) in [6, 6.07) is 5.67. The van der Waals surface area contributed by atoms with Gasteiger partial charge in [-0.15, -0.1) is 0 Å². The maximum Gasteiger partial charge on any atom is 0.262 e. The van der Waals surface area contributed by atoms with Crippen LogP contribution in [0.5, 0.6) is 17.2 Å². The Labute approximate surface area is 118 Å². The largest absolute Gasteiger partial charge is 0.481 e. The van der Waals surface area contributed by atoms with Crippen LogP contribution in [0.2, 0.25) is 0 Å². The Balaban J connectivity index is 1.97. The molecule has 0 radical (unpaired) electrons. The van der Waals surface area contributed by atoms with Gasteiger partial charge in [0.05, 0.1) is 11.4 Å². The molecule has 3 N–H and O–H groups in total. The van der Waals surface area contributed by atoms with Crippen LogP contribution in [0.25, 0.3) is 0 Å². The van der Waals surface area contributed by atoms with Crippen molar-refractivity contribution in [1.82, 2.24) is 0 Å². The second-order valence-electron chi connectivity index (χ2n) is 4.40. The number of benzene rings is 2. The van der Waals surface area contributed by atoms with Crippen LogP contribution in [0.1, 0.15) is 0 Å². The van der Waals surface area contributed by atoms with E-state index < -0.39 is 11.6 Å². The van der Waals surface area contributed by atoms with E-state index in [-0.39, 0.29) is 29.7 Å². The minimum absolute atomic E-state index is 0.0871. The molecular formula is C14H10F2N2O3. The molecule has 0 unspecified atom stereocenters. The Morgan fingerprint density at radius 3 is 2.81 bits per heavy atom. The molecule has 0 spiro atoms. The van der Waals surface area contributed by atoms with Crippen molar-refractivity contribution in [2.45, 2.75) is 0 Å². The molecular weight excluding hydrogens is 282 g/mol. The summed E-state index contributed by atoms with van der Waals surface area (Å²) in [7, 11) is 0. The van der Waals surface area contributed by atoms with Gasteiger partial charge in [-0.05, 0) is 12.1 Å². The van der Waals surface area contributed by atoms with E-state index in [1.165, 1.54) is 12.1 Å². The van der Waals surface area contributed by atoms with E-state index in [2.05, 4.69) is 5.32 Å². The van der Waals surface area contributed by atoms with E-state index in [0.29, 0.717) is 11.4 Å². The number of rotatable bonds is 2. The first-order valence-corrected chi connectivity index (χ1v) is 6.02. The normalized spacial score (nSPS) is 13.1. The van der Waals surface area contributed by atoms with Crippen molar-refractivity contribution < 1.29 is 23.0 Å². The summed E-state index contributed by atoms with van der Waals surface area (Å²) < 4.78 is 37.1. The van der Waals surface area contributed by atoms with Crippen LogP contribution in [0.15, 0.2) is 30.3 Å². The molecule has 1 aliphatic heterocycles. The zero-order valence-electron chi connectivity index (χ0n) is 10.7. The standard InChI is InChI=1S/C14H10F2N2O3/c15-7-1-2-8(16)11(3-7)21-12-5-10-13(4-9(12)17)20-6-14(19)18-10/h1-5H,6,17H2,(H,18,19). The van der Waals surface area contributed by atoms with Gasteiger partial charge in [0.1, 0.15) is 11.6 Å². The fourth-order valence-electron chi connectivity index (χ4n) is 1.88. The third-order valence-electron chi connectivity index (χ3n) is 2.86. The number of hydrogen-bond acceptors (Lipinski definition) is 4. The molecule has 2 aromatic carbocycles. The van der Waals surface area contributed by atoms with Crippen LogP contribution in [0.3, 0.4) is 0 Å². The highest BCUT2D eigenvalue weighted by Crippen LogP contribution is 2.38. The van der Waals surface area contributed by atoms with Crippen molar-refractivity contribution in [3.05, 3.63) is 42.0 Å². The summed E-state index contributed by atoms with van der Waals surface area (Å²) in [5, 5.41) is 2.57. The Morgan fingerprint density at radius 1 is 1.19 bits per heavy atom. The Hall–Kier alpha value is -2.83. The average Bonchev–Trinajstić information content (AvgIpc) is 2.44. The summed E-state index contributed by atoms with van der Waals surface area (Å²) >= 11 is 0. The number of nitrogens with two attached hydrogens (primary N) is 1. The van der Waals surface area contributed by atoms with Gasteiger partial charge in [-0.25, -0.2) is 8.78 Å². The molecule has 2 aromatic rings. The van der Waals surface area contributed by atoms with Crippen LogP contribution in [0.4, 0.5) is 20.2 Å². The number of hydrogen-bond donors (Lipinski definition) is 2. The second kappa shape index (κ2) is 4.93. The molecule has 21 heavy (non-hydrogen) atoms. The van der Waals surface area contributed by atoms with Crippen molar-refractivity contribution >= 4 is 17.3 Å². The summed E-state index contributed by atoms with van der Waals surface area (Å²) in [6.07, 6.45) is 0. The third-order valence-corrected chi connectivity index (χ3v) is 2.86. The van der Waals surface area contributed by atoms with Gasteiger partial charge in [-0.3, -0.25) is 4.79 Å². The van der Waals surface area contributed by atoms with E-state index >= 15 is 0 Å². The highest BCUT2D eigenvalue weighted by molar-refractivity contribution is 5.96. The first-order valence-electron chi connectivity index (χ1n) is 6.02. The third kappa shape index (κ3) is 2.58. The number of nitrogen functional groups attached to an aromatic ring is 1. The van der Waals surface area contributed by atoms with E-state index in [1.807, 2.05) is 0 Å². The minimum atomic E-state index is -0.728. The topological polar surface area (TPSA) is 73.6 Å². The van der Waals surface area contributed by atoms with Crippen molar-refractivity contribution in [3.63, 3.8) is 0 Å². The number of amides is 1. The number of nitrogens with one attached hydrogen (secondary N) is 1. The van der Waals surface area contributed by atoms with Gasteiger partial charge in [0.15, 0.2) is 23.9 Å². The monoisotopic (exact) mass is 292 g/mol. The highest BCUT2D eigenvalue weighted by Gasteiger charge is 2.19. The second-order valence-corrected chi connectivity index (χ2v) is 4.40. The van der Waals surface area contributed by atoms with Gasteiger partial charge in [0, 0.05) is 18.2 Å². The average molecular weight is 292 g/mol. The molecule has 5 nitrogen and oxygen atoms in total. The Bertz CT molecular complexity index is 734. The fraction of sp³-hybridized carbons (Fsp3) is 0.0714. The number of anilines is 2. The molecule has 1 amide bonds. The smallest absolute Gasteiger partial charge is 0.262 e. The van der Waals surface area contributed by atoms with Crippen molar-refractivity contribution in [2.75, 3.05) is 17.7 Å². The maximum atomic E-state index is 13.6. The Kier molecular flexibility index (Phi) is 3.09. The first kappa shape index (κ1) is 13.2. The molecule has 0 aromatic heterocycles. The molecule has 1 heterocycles. The molecule has 0 fully saturated rings. The van der Waals surface area contributed by atoms with Gasteiger partial charge in [-0.1, -0.05) is 0 Å². The molecule has 1 aliphatic rings. The van der Waals surface area contributed by atoms with Gasteiger partial charge >= 0.3 is 0 Å². The molecule has 3 rings (SSSR count). The van der Waals surface area contributed by atoms with Crippen LogP contribution in [-0.2, 0) is 4.79 Å². The quantitative estimate of drug-likeness (QED) is 0.835. The SMILES string of the molecule is Nc1cc2c(cc1Oc1cc(F)ccc1F)NC(=O)CO2. The number of carbonyl (C=O) groups is 1. The zero-order valence-corrected chi connectivity index (χ0v) is 10.7. The molecule has 7 heteroatoms. The first-order chi connectivity index (χ1) is 10.0. The summed E-state index contributed by atoms with van der Waals surface area (Å²) in [5.41, 5.74) is 6.31. The van der Waals surface area contributed by atoms with Gasteiger partial charge in [0.25, 0.3) is 5.91 Å².